The van der Waals surface area contributed by atoms with Crippen molar-refractivity contribution in [3.63, 3.8) is 0 Å². The molecule has 2 aromatic carbocycles. The molecule has 6 nitrogen and oxygen atoms in total. The van der Waals surface area contributed by atoms with Gasteiger partial charge in [-0.3, -0.25) is 4.79 Å². The minimum atomic E-state index is -4.74. The molecule has 1 N–H and O–H groups in total. The van der Waals surface area contributed by atoms with Crippen LogP contribution < -0.4 is 5.32 Å². The van der Waals surface area contributed by atoms with Gasteiger partial charge < -0.3 is 10.1 Å². The van der Waals surface area contributed by atoms with E-state index in [2.05, 4.69) is 5.32 Å². The fraction of sp³-hybridized carbons (Fsp3) is 0.222. The minimum absolute atomic E-state index is 0.0669. The molecule has 144 valence electrons. The van der Waals surface area contributed by atoms with Crippen molar-refractivity contribution in [2.75, 3.05) is 11.9 Å². The molecule has 27 heavy (non-hydrogen) atoms. The Morgan fingerprint density at radius 1 is 1.07 bits per heavy atom. The first kappa shape index (κ1) is 20.5. The van der Waals surface area contributed by atoms with Crippen LogP contribution in [0.5, 0.6) is 0 Å². The Balaban J connectivity index is 1.97. The van der Waals surface area contributed by atoms with Crippen LogP contribution in [0.3, 0.4) is 0 Å². The first-order chi connectivity index (χ1) is 12.6. The summed E-state index contributed by atoms with van der Waals surface area (Å²) in [4.78, 5) is 23.2. The Morgan fingerprint density at radius 2 is 1.70 bits per heavy atom. The number of hydrogen-bond acceptors (Lipinski definition) is 5. The maximum Gasteiger partial charge on any atom is 0.341 e. The average Bonchev–Trinajstić information content (AvgIpc) is 2.63. The first-order valence-electron chi connectivity index (χ1n) is 7.78. The highest BCUT2D eigenvalue weighted by atomic mass is 32.2. The van der Waals surface area contributed by atoms with E-state index >= 15 is 0 Å². The van der Waals surface area contributed by atoms with Gasteiger partial charge in [-0.25, -0.2) is 13.2 Å². The lowest BCUT2D eigenvalue weighted by molar-refractivity contribution is -0.119. The zero-order valence-corrected chi connectivity index (χ0v) is 15.3. The fourth-order valence-corrected chi connectivity index (χ4v) is 2.89. The molecular formula is C18H17F2NO5S. The van der Waals surface area contributed by atoms with Gasteiger partial charge in [0.15, 0.2) is 6.61 Å². The second-order valence-corrected chi connectivity index (χ2v) is 7.62. The van der Waals surface area contributed by atoms with Crippen molar-refractivity contribution in [2.45, 2.75) is 24.5 Å². The molecule has 0 atom stereocenters. The van der Waals surface area contributed by atoms with Crippen molar-refractivity contribution in [1.29, 1.82) is 0 Å². The average molecular weight is 397 g/mol. The van der Waals surface area contributed by atoms with Crippen LogP contribution in [0.15, 0.2) is 47.4 Å². The lowest BCUT2D eigenvalue weighted by Crippen LogP contribution is -2.21. The lowest BCUT2D eigenvalue weighted by Gasteiger charge is -2.10. The number of rotatable bonds is 6. The smallest absolute Gasteiger partial charge is 0.341 e. The highest BCUT2D eigenvalue weighted by Crippen LogP contribution is 2.19. The standard InChI is InChI=1S/C18H17F2NO5S/c1-11-4-3-5-15(12(11)2)21-16(22)10-26-17(23)13-6-8-14(9-7-13)27(24,25)18(19)20/h3-9,18H,10H2,1-2H3,(H,21,22). The summed E-state index contributed by atoms with van der Waals surface area (Å²) >= 11 is 0. The van der Waals surface area contributed by atoms with Gasteiger partial charge in [0.1, 0.15) is 0 Å². The number of esters is 1. The first-order valence-corrected chi connectivity index (χ1v) is 9.33. The van der Waals surface area contributed by atoms with Crippen molar-refractivity contribution >= 4 is 27.4 Å². The predicted molar refractivity (Wildman–Crippen MR) is 94.5 cm³/mol. The Kier molecular flexibility index (Phi) is 6.27. The van der Waals surface area contributed by atoms with Crippen molar-refractivity contribution < 1.29 is 31.5 Å². The second-order valence-electron chi connectivity index (χ2n) is 5.70. The van der Waals surface area contributed by atoms with Crippen LogP contribution in [0.4, 0.5) is 14.5 Å². The molecule has 0 fully saturated rings. The van der Waals surface area contributed by atoms with E-state index in [1.54, 1.807) is 12.1 Å². The number of benzene rings is 2. The lowest BCUT2D eigenvalue weighted by atomic mass is 10.1. The monoisotopic (exact) mass is 397 g/mol. The van der Waals surface area contributed by atoms with Gasteiger partial charge in [-0.05, 0) is 55.3 Å². The van der Waals surface area contributed by atoms with E-state index in [0.717, 1.165) is 35.4 Å². The summed E-state index contributed by atoms with van der Waals surface area (Å²) in [6.45, 7) is 3.18. The summed E-state index contributed by atoms with van der Waals surface area (Å²) in [5.74, 6) is -4.98. The number of ether oxygens (including phenoxy) is 1. The van der Waals surface area contributed by atoms with E-state index in [4.69, 9.17) is 4.74 Å². The molecule has 0 aliphatic heterocycles. The molecule has 9 heteroatoms. The van der Waals surface area contributed by atoms with Crippen molar-refractivity contribution in [3.05, 3.63) is 59.2 Å². The zero-order valence-electron chi connectivity index (χ0n) is 14.5. The Bertz CT molecular complexity index is 956. The van der Waals surface area contributed by atoms with Gasteiger partial charge in [0.05, 0.1) is 10.5 Å². The number of amides is 1. The summed E-state index contributed by atoms with van der Waals surface area (Å²) < 4.78 is 52.5. The highest BCUT2D eigenvalue weighted by Gasteiger charge is 2.26. The maximum atomic E-state index is 12.5. The number of anilines is 1. The molecule has 0 bridgehead atoms. The molecule has 0 aromatic heterocycles. The van der Waals surface area contributed by atoms with Crippen molar-refractivity contribution in [3.8, 4) is 0 Å². The zero-order chi connectivity index (χ0) is 20.2. The second kappa shape index (κ2) is 8.26. The molecule has 0 saturated heterocycles. The SMILES string of the molecule is Cc1cccc(NC(=O)COC(=O)c2ccc(S(=O)(=O)C(F)F)cc2)c1C. The number of halogens is 2. The largest absolute Gasteiger partial charge is 0.452 e. The third-order valence-corrected chi connectivity index (χ3v) is 5.26. The Labute approximate surface area is 155 Å². The molecular weight excluding hydrogens is 380 g/mol. The minimum Gasteiger partial charge on any atom is -0.452 e. The van der Waals surface area contributed by atoms with Crippen molar-refractivity contribution in [1.82, 2.24) is 0 Å². The van der Waals surface area contributed by atoms with Gasteiger partial charge >= 0.3 is 11.7 Å². The van der Waals surface area contributed by atoms with Gasteiger partial charge in [-0.1, -0.05) is 12.1 Å². The normalized spacial score (nSPS) is 11.3. The predicted octanol–water partition coefficient (Wildman–Crippen LogP) is 3.10. The maximum absolute atomic E-state index is 12.5. The number of aryl methyl sites for hydroxylation is 1. The van der Waals surface area contributed by atoms with Gasteiger partial charge in [0, 0.05) is 5.69 Å². The van der Waals surface area contributed by atoms with Crippen LogP contribution in [0.2, 0.25) is 0 Å². The topological polar surface area (TPSA) is 89.5 Å². The Hall–Kier alpha value is -2.81. The van der Waals surface area contributed by atoms with Crippen LogP contribution in [0, 0.1) is 13.8 Å². The quantitative estimate of drug-likeness (QED) is 0.757. The summed E-state index contributed by atoms with van der Waals surface area (Å²) in [7, 11) is -4.74. The van der Waals surface area contributed by atoms with E-state index in [1.807, 2.05) is 19.9 Å². The van der Waals surface area contributed by atoms with E-state index in [1.165, 1.54) is 0 Å². The summed E-state index contributed by atoms with van der Waals surface area (Å²) in [6, 6.07) is 9.23. The highest BCUT2D eigenvalue weighted by molar-refractivity contribution is 7.91. The van der Waals surface area contributed by atoms with Crippen LogP contribution in [0.25, 0.3) is 0 Å². The van der Waals surface area contributed by atoms with Crippen LogP contribution in [-0.4, -0.2) is 32.7 Å². The van der Waals surface area contributed by atoms with Crippen LogP contribution >= 0.6 is 0 Å². The molecule has 2 aromatic rings. The molecule has 0 radical (unpaired) electrons. The Morgan fingerprint density at radius 3 is 2.30 bits per heavy atom. The van der Waals surface area contributed by atoms with E-state index in [0.29, 0.717) is 5.69 Å². The number of nitrogens with one attached hydrogen (secondary N) is 1. The van der Waals surface area contributed by atoms with Crippen LogP contribution in [-0.2, 0) is 19.4 Å². The number of alkyl halides is 2. The number of carbonyl (C=O) groups is 2. The number of hydrogen-bond donors (Lipinski definition) is 1. The van der Waals surface area contributed by atoms with Gasteiger partial charge in [-0.2, -0.15) is 8.78 Å². The molecule has 2 rings (SSSR count). The van der Waals surface area contributed by atoms with Gasteiger partial charge in [0.2, 0.25) is 9.84 Å². The molecule has 1 amide bonds. The number of sulfone groups is 1. The van der Waals surface area contributed by atoms with Gasteiger partial charge in [-0.15, -0.1) is 0 Å². The van der Waals surface area contributed by atoms with Crippen LogP contribution in [0.1, 0.15) is 21.5 Å². The molecule has 0 unspecified atom stereocenters. The van der Waals surface area contributed by atoms with E-state index in [9.17, 15) is 26.8 Å². The fourth-order valence-electron chi connectivity index (χ4n) is 2.17. The summed E-state index contributed by atoms with van der Waals surface area (Å²) in [5.41, 5.74) is 2.40. The summed E-state index contributed by atoms with van der Waals surface area (Å²) in [5, 5.41) is 2.62. The van der Waals surface area contributed by atoms with Gasteiger partial charge in [0.25, 0.3) is 5.91 Å². The van der Waals surface area contributed by atoms with Crippen molar-refractivity contribution in [2.24, 2.45) is 0 Å². The van der Waals surface area contributed by atoms with E-state index in [-0.39, 0.29) is 5.56 Å². The summed E-state index contributed by atoms with van der Waals surface area (Å²) in [6.07, 6.45) is 0. The third-order valence-electron chi connectivity index (χ3n) is 3.87. The molecule has 0 spiro atoms. The third kappa shape index (κ3) is 4.88. The number of carbonyl (C=O) groups excluding carboxylic acids is 2. The molecule has 0 aliphatic carbocycles. The van der Waals surface area contributed by atoms with E-state index < -0.39 is 39.0 Å². The molecule has 0 heterocycles. The molecule has 0 aliphatic rings. The molecule has 0 saturated carbocycles.